The lowest BCUT2D eigenvalue weighted by Crippen LogP contribution is -2.13. The standard InChI is InChI=1S/C17H16O6S/c1-2-21-16(18)10-13-6-4-8-15-17(13)23-24(19,20)14-7-3-5-12(9-14)11-22-15/h3-9H,2,10-11H2,1H3. The Labute approximate surface area is 140 Å². The van der Waals surface area contributed by atoms with Crippen LogP contribution in [0.5, 0.6) is 11.5 Å². The Balaban J connectivity index is 2.05. The molecule has 7 heteroatoms. The van der Waals surface area contributed by atoms with Gasteiger partial charge in [-0.2, -0.15) is 8.42 Å². The Kier molecular flexibility index (Phi) is 4.44. The number of ether oxygens (including phenoxy) is 2. The first kappa shape index (κ1) is 16.3. The molecule has 3 rings (SSSR count). The number of esters is 1. The highest BCUT2D eigenvalue weighted by Crippen LogP contribution is 2.36. The zero-order chi connectivity index (χ0) is 17.2. The van der Waals surface area contributed by atoms with Crippen LogP contribution in [0.25, 0.3) is 0 Å². The van der Waals surface area contributed by atoms with E-state index in [9.17, 15) is 13.2 Å². The van der Waals surface area contributed by atoms with Gasteiger partial charge in [-0.05, 0) is 30.7 Å². The van der Waals surface area contributed by atoms with Crippen LogP contribution in [-0.2, 0) is 32.7 Å². The largest absolute Gasteiger partial charge is 0.485 e. The lowest BCUT2D eigenvalue weighted by atomic mass is 10.1. The van der Waals surface area contributed by atoms with Gasteiger partial charge in [-0.15, -0.1) is 0 Å². The second-order valence-corrected chi connectivity index (χ2v) is 6.75. The maximum absolute atomic E-state index is 12.5. The predicted molar refractivity (Wildman–Crippen MR) is 85.4 cm³/mol. The molecule has 2 bridgehead atoms. The van der Waals surface area contributed by atoms with E-state index in [1.54, 1.807) is 37.3 Å². The van der Waals surface area contributed by atoms with E-state index in [1.807, 2.05) is 0 Å². The molecule has 2 aromatic rings. The summed E-state index contributed by atoms with van der Waals surface area (Å²) in [5.74, 6) is -0.178. The highest BCUT2D eigenvalue weighted by Gasteiger charge is 2.25. The lowest BCUT2D eigenvalue weighted by Gasteiger charge is -2.14. The van der Waals surface area contributed by atoms with Crippen molar-refractivity contribution in [2.75, 3.05) is 6.61 Å². The smallest absolute Gasteiger partial charge is 0.339 e. The van der Waals surface area contributed by atoms with E-state index in [0.29, 0.717) is 11.1 Å². The molecule has 6 nitrogen and oxygen atoms in total. The van der Waals surface area contributed by atoms with Crippen molar-refractivity contribution in [1.29, 1.82) is 0 Å². The normalized spacial score (nSPS) is 14.9. The fourth-order valence-corrected chi connectivity index (χ4v) is 3.43. The molecule has 0 aromatic heterocycles. The van der Waals surface area contributed by atoms with Crippen molar-refractivity contribution >= 4 is 16.1 Å². The van der Waals surface area contributed by atoms with Gasteiger partial charge in [0, 0.05) is 5.56 Å². The van der Waals surface area contributed by atoms with E-state index >= 15 is 0 Å². The van der Waals surface area contributed by atoms with Crippen LogP contribution in [0, 0.1) is 0 Å². The summed E-state index contributed by atoms with van der Waals surface area (Å²) in [6, 6.07) is 11.3. The van der Waals surface area contributed by atoms with Gasteiger partial charge >= 0.3 is 16.1 Å². The van der Waals surface area contributed by atoms with Crippen LogP contribution in [0.3, 0.4) is 0 Å². The fraction of sp³-hybridized carbons (Fsp3) is 0.235. The second-order valence-electron chi connectivity index (χ2n) is 5.20. The van der Waals surface area contributed by atoms with Crippen molar-refractivity contribution < 1.29 is 26.9 Å². The number of benzene rings is 2. The van der Waals surface area contributed by atoms with Gasteiger partial charge in [0.05, 0.1) is 13.0 Å². The summed E-state index contributed by atoms with van der Waals surface area (Å²) in [6.45, 7) is 2.15. The van der Waals surface area contributed by atoms with Crippen molar-refractivity contribution in [1.82, 2.24) is 0 Å². The summed E-state index contributed by atoms with van der Waals surface area (Å²) in [7, 11) is -4.02. The molecule has 0 fully saturated rings. The number of carbonyl (C=O) groups is 1. The zero-order valence-electron chi connectivity index (χ0n) is 13.0. The van der Waals surface area contributed by atoms with E-state index in [-0.39, 0.29) is 36.0 Å². The van der Waals surface area contributed by atoms with Gasteiger partial charge in [-0.3, -0.25) is 4.79 Å². The fourth-order valence-electron chi connectivity index (χ4n) is 2.39. The molecule has 0 spiro atoms. The minimum absolute atomic E-state index is 0.0213. The molecule has 24 heavy (non-hydrogen) atoms. The van der Waals surface area contributed by atoms with Gasteiger partial charge in [0.25, 0.3) is 0 Å². The van der Waals surface area contributed by atoms with Gasteiger partial charge in [0.2, 0.25) is 0 Å². The number of hydrogen-bond donors (Lipinski definition) is 0. The minimum Gasteiger partial charge on any atom is -0.485 e. The third-order valence-corrected chi connectivity index (χ3v) is 4.69. The molecular weight excluding hydrogens is 332 g/mol. The third kappa shape index (κ3) is 3.35. The Hall–Kier alpha value is -2.54. The summed E-state index contributed by atoms with van der Waals surface area (Å²) in [4.78, 5) is 11.8. The third-order valence-electron chi connectivity index (χ3n) is 3.48. The molecule has 0 saturated heterocycles. The van der Waals surface area contributed by atoms with Crippen LogP contribution in [0.15, 0.2) is 47.4 Å². The summed E-state index contributed by atoms with van der Waals surface area (Å²) in [5, 5.41) is 0. The zero-order valence-corrected chi connectivity index (χ0v) is 13.8. The van der Waals surface area contributed by atoms with Crippen molar-refractivity contribution in [3.63, 3.8) is 0 Å². The van der Waals surface area contributed by atoms with Crippen molar-refractivity contribution in [3.05, 3.63) is 53.6 Å². The van der Waals surface area contributed by atoms with Crippen LogP contribution >= 0.6 is 0 Å². The SMILES string of the molecule is CCOC(=O)Cc1cccc2c1OS(=O)(=O)c1cccc(c1)CO2. The Morgan fingerprint density at radius 2 is 2.00 bits per heavy atom. The molecule has 0 radical (unpaired) electrons. The highest BCUT2D eigenvalue weighted by molar-refractivity contribution is 7.87. The average Bonchev–Trinajstić information content (AvgIpc) is 2.58. The first-order valence-corrected chi connectivity index (χ1v) is 8.84. The van der Waals surface area contributed by atoms with E-state index in [0.717, 1.165) is 0 Å². The molecule has 0 N–H and O–H groups in total. The van der Waals surface area contributed by atoms with Crippen molar-refractivity contribution in [2.24, 2.45) is 0 Å². The molecule has 1 heterocycles. The topological polar surface area (TPSA) is 78.9 Å². The maximum atomic E-state index is 12.5. The summed E-state index contributed by atoms with van der Waals surface area (Å²) < 4.78 is 40.9. The van der Waals surface area contributed by atoms with Crippen LogP contribution in [-0.4, -0.2) is 21.0 Å². The van der Waals surface area contributed by atoms with Gasteiger partial charge in [-0.1, -0.05) is 24.3 Å². The molecular formula is C17H16O6S. The lowest BCUT2D eigenvalue weighted by molar-refractivity contribution is -0.142. The Bertz CT molecular complexity index is 872. The number of hydrogen-bond acceptors (Lipinski definition) is 6. The first-order chi connectivity index (χ1) is 11.5. The molecule has 0 aliphatic carbocycles. The molecule has 0 atom stereocenters. The van der Waals surface area contributed by atoms with Gasteiger partial charge < -0.3 is 13.7 Å². The van der Waals surface area contributed by atoms with E-state index in [4.69, 9.17) is 13.7 Å². The summed E-state index contributed by atoms with van der Waals surface area (Å²) in [6.07, 6.45) is -0.104. The molecule has 1 aliphatic rings. The quantitative estimate of drug-likeness (QED) is 0.626. The van der Waals surface area contributed by atoms with Crippen molar-refractivity contribution in [3.8, 4) is 11.5 Å². The molecule has 0 amide bonds. The first-order valence-electron chi connectivity index (χ1n) is 7.43. The van der Waals surface area contributed by atoms with Crippen molar-refractivity contribution in [2.45, 2.75) is 24.8 Å². The predicted octanol–water partition coefficient (Wildman–Crippen LogP) is 2.45. The average molecular weight is 348 g/mol. The molecule has 126 valence electrons. The van der Waals surface area contributed by atoms with E-state index in [2.05, 4.69) is 0 Å². The monoisotopic (exact) mass is 348 g/mol. The number of carbonyl (C=O) groups excluding carboxylic acids is 1. The molecule has 0 saturated carbocycles. The van der Waals surface area contributed by atoms with Crippen LogP contribution in [0.2, 0.25) is 0 Å². The van der Waals surface area contributed by atoms with Crippen LogP contribution < -0.4 is 8.92 Å². The van der Waals surface area contributed by atoms with Gasteiger partial charge in [0.15, 0.2) is 11.5 Å². The van der Waals surface area contributed by atoms with E-state index < -0.39 is 16.1 Å². The summed E-state index contributed by atoms with van der Waals surface area (Å²) in [5.41, 5.74) is 1.10. The van der Waals surface area contributed by atoms with Gasteiger partial charge in [-0.25, -0.2) is 0 Å². The van der Waals surface area contributed by atoms with Gasteiger partial charge in [0.1, 0.15) is 11.5 Å². The Morgan fingerprint density at radius 1 is 1.21 bits per heavy atom. The number of para-hydroxylation sites is 1. The highest BCUT2D eigenvalue weighted by atomic mass is 32.2. The number of rotatable bonds is 3. The van der Waals surface area contributed by atoms with Crippen LogP contribution in [0.4, 0.5) is 0 Å². The van der Waals surface area contributed by atoms with Crippen LogP contribution in [0.1, 0.15) is 18.1 Å². The Morgan fingerprint density at radius 3 is 2.79 bits per heavy atom. The second kappa shape index (κ2) is 6.52. The molecule has 2 aromatic carbocycles. The summed E-state index contributed by atoms with van der Waals surface area (Å²) >= 11 is 0. The molecule has 1 aliphatic heterocycles. The molecule has 0 unspecified atom stereocenters. The minimum atomic E-state index is -4.02. The maximum Gasteiger partial charge on any atom is 0.339 e. The van der Waals surface area contributed by atoms with E-state index in [1.165, 1.54) is 12.1 Å². The number of fused-ring (bicyclic) bond motifs is 3.